The van der Waals surface area contributed by atoms with Gasteiger partial charge in [0.2, 0.25) is 0 Å². The lowest BCUT2D eigenvalue weighted by molar-refractivity contribution is 0.0947. The second-order valence-electron chi connectivity index (χ2n) is 4.49. The lowest BCUT2D eigenvalue weighted by Crippen LogP contribution is -2.23. The van der Waals surface area contributed by atoms with Gasteiger partial charge in [-0.1, -0.05) is 18.2 Å². The second-order valence-corrected chi connectivity index (χ2v) is 4.49. The number of aromatic amines is 1. The van der Waals surface area contributed by atoms with Gasteiger partial charge in [-0.05, 0) is 12.1 Å². The smallest absolute Gasteiger partial charge is 0.272 e. The van der Waals surface area contributed by atoms with E-state index in [2.05, 4.69) is 20.5 Å². The van der Waals surface area contributed by atoms with Gasteiger partial charge in [-0.15, -0.1) is 0 Å². The van der Waals surface area contributed by atoms with Crippen molar-refractivity contribution in [3.05, 3.63) is 54.0 Å². The molecule has 3 rings (SSSR count). The van der Waals surface area contributed by atoms with E-state index in [1.807, 2.05) is 24.3 Å². The molecule has 0 saturated heterocycles. The molecular weight excluding hydrogens is 268 g/mol. The summed E-state index contributed by atoms with van der Waals surface area (Å²) in [5, 5.41) is 10.4. The third kappa shape index (κ3) is 2.55. The number of methoxy groups -OCH3 is 1. The third-order valence-electron chi connectivity index (χ3n) is 3.21. The number of H-pyrrole nitrogens is 1. The quantitative estimate of drug-likeness (QED) is 0.766. The molecule has 2 aromatic heterocycles. The molecule has 0 unspecified atom stereocenters. The van der Waals surface area contributed by atoms with Gasteiger partial charge in [-0.3, -0.25) is 14.9 Å². The second kappa shape index (κ2) is 5.62. The SMILES string of the molecule is COc1ccccc1CNC(=O)c1n[nH]c2ccncc12. The number of pyridine rings is 1. The van der Waals surface area contributed by atoms with Gasteiger partial charge in [0.05, 0.1) is 18.0 Å². The van der Waals surface area contributed by atoms with Crippen molar-refractivity contribution in [2.75, 3.05) is 7.11 Å². The fourth-order valence-electron chi connectivity index (χ4n) is 2.14. The molecule has 1 amide bonds. The number of hydrogen-bond donors (Lipinski definition) is 2. The summed E-state index contributed by atoms with van der Waals surface area (Å²) in [5.41, 5.74) is 2.03. The van der Waals surface area contributed by atoms with Crippen LogP contribution in [0.15, 0.2) is 42.7 Å². The highest BCUT2D eigenvalue weighted by Crippen LogP contribution is 2.17. The largest absolute Gasteiger partial charge is 0.496 e. The molecular formula is C15H14N4O2. The maximum Gasteiger partial charge on any atom is 0.272 e. The molecule has 2 heterocycles. The average molecular weight is 282 g/mol. The molecule has 0 saturated carbocycles. The minimum Gasteiger partial charge on any atom is -0.496 e. The maximum absolute atomic E-state index is 12.2. The standard InChI is InChI=1S/C15H14N4O2/c1-21-13-5-3-2-4-10(13)8-17-15(20)14-11-9-16-7-6-12(11)18-19-14/h2-7,9H,8H2,1H3,(H,17,20)(H,18,19). The Hall–Kier alpha value is -2.89. The van der Waals surface area contributed by atoms with Crippen LogP contribution < -0.4 is 10.1 Å². The van der Waals surface area contributed by atoms with Gasteiger partial charge in [0.15, 0.2) is 5.69 Å². The molecule has 106 valence electrons. The summed E-state index contributed by atoms with van der Waals surface area (Å²) in [7, 11) is 1.60. The van der Waals surface area contributed by atoms with Crippen molar-refractivity contribution >= 4 is 16.8 Å². The molecule has 6 heteroatoms. The van der Waals surface area contributed by atoms with E-state index >= 15 is 0 Å². The Balaban J connectivity index is 1.78. The normalized spacial score (nSPS) is 10.5. The number of carbonyl (C=O) groups is 1. The van der Waals surface area contributed by atoms with Gasteiger partial charge >= 0.3 is 0 Å². The van der Waals surface area contributed by atoms with E-state index < -0.39 is 0 Å². The van der Waals surface area contributed by atoms with Crippen molar-refractivity contribution in [1.29, 1.82) is 0 Å². The summed E-state index contributed by atoms with van der Waals surface area (Å²) in [4.78, 5) is 16.2. The summed E-state index contributed by atoms with van der Waals surface area (Å²) in [5.74, 6) is 0.492. The van der Waals surface area contributed by atoms with E-state index in [0.29, 0.717) is 17.6 Å². The predicted molar refractivity (Wildman–Crippen MR) is 78.1 cm³/mol. The fourth-order valence-corrected chi connectivity index (χ4v) is 2.14. The average Bonchev–Trinajstić information content (AvgIpc) is 2.97. The lowest BCUT2D eigenvalue weighted by atomic mass is 10.2. The number of rotatable bonds is 4. The number of nitrogens with zero attached hydrogens (tertiary/aromatic N) is 2. The van der Waals surface area contributed by atoms with Gasteiger partial charge in [0.1, 0.15) is 5.75 Å². The Kier molecular flexibility index (Phi) is 3.51. The van der Waals surface area contributed by atoms with E-state index in [1.165, 1.54) is 0 Å². The first-order valence-electron chi connectivity index (χ1n) is 6.48. The minimum absolute atomic E-state index is 0.250. The number of hydrogen-bond acceptors (Lipinski definition) is 4. The molecule has 1 aromatic carbocycles. The van der Waals surface area contributed by atoms with Crippen LogP contribution in [-0.4, -0.2) is 28.2 Å². The lowest BCUT2D eigenvalue weighted by Gasteiger charge is -2.08. The van der Waals surface area contributed by atoms with Crippen molar-refractivity contribution in [2.24, 2.45) is 0 Å². The minimum atomic E-state index is -0.250. The van der Waals surface area contributed by atoms with Gasteiger partial charge in [0.25, 0.3) is 5.91 Å². The van der Waals surface area contributed by atoms with Gasteiger partial charge in [-0.2, -0.15) is 5.10 Å². The topological polar surface area (TPSA) is 79.9 Å². The van der Waals surface area contributed by atoms with Crippen LogP contribution in [0, 0.1) is 0 Å². The summed E-state index contributed by atoms with van der Waals surface area (Å²) < 4.78 is 5.26. The van der Waals surface area contributed by atoms with Crippen LogP contribution >= 0.6 is 0 Å². The van der Waals surface area contributed by atoms with Crippen LogP contribution in [0.25, 0.3) is 10.9 Å². The number of amides is 1. The molecule has 0 fully saturated rings. The Labute approximate surface area is 121 Å². The molecule has 0 bridgehead atoms. The molecule has 0 aliphatic rings. The molecule has 0 atom stereocenters. The van der Waals surface area contributed by atoms with Gasteiger partial charge in [0, 0.05) is 24.5 Å². The third-order valence-corrected chi connectivity index (χ3v) is 3.21. The van der Waals surface area contributed by atoms with Crippen molar-refractivity contribution in [2.45, 2.75) is 6.54 Å². The number of aromatic nitrogens is 3. The number of carbonyl (C=O) groups excluding carboxylic acids is 1. The highest BCUT2D eigenvalue weighted by Gasteiger charge is 2.14. The van der Waals surface area contributed by atoms with Gasteiger partial charge in [-0.25, -0.2) is 0 Å². The molecule has 0 aliphatic carbocycles. The zero-order chi connectivity index (χ0) is 14.7. The van der Waals surface area contributed by atoms with E-state index in [0.717, 1.165) is 16.8 Å². The first-order valence-corrected chi connectivity index (χ1v) is 6.48. The Bertz CT molecular complexity index is 782. The Morgan fingerprint density at radius 1 is 1.33 bits per heavy atom. The Morgan fingerprint density at radius 3 is 3.05 bits per heavy atom. The van der Waals surface area contributed by atoms with Crippen molar-refractivity contribution in [3.63, 3.8) is 0 Å². The zero-order valence-electron chi connectivity index (χ0n) is 11.5. The van der Waals surface area contributed by atoms with Crippen LogP contribution in [0.3, 0.4) is 0 Å². The van der Waals surface area contributed by atoms with E-state index in [4.69, 9.17) is 4.74 Å². The molecule has 0 aliphatic heterocycles. The Morgan fingerprint density at radius 2 is 2.19 bits per heavy atom. The first-order chi connectivity index (χ1) is 10.3. The molecule has 6 nitrogen and oxygen atoms in total. The number of benzene rings is 1. The van der Waals surface area contributed by atoms with Crippen molar-refractivity contribution in [1.82, 2.24) is 20.5 Å². The number of fused-ring (bicyclic) bond motifs is 1. The number of para-hydroxylation sites is 1. The van der Waals surface area contributed by atoms with Crippen LogP contribution in [0.5, 0.6) is 5.75 Å². The summed E-state index contributed by atoms with van der Waals surface area (Å²) in [6.07, 6.45) is 3.27. The van der Waals surface area contributed by atoms with Crippen LogP contribution in [-0.2, 0) is 6.54 Å². The van der Waals surface area contributed by atoms with Gasteiger partial charge < -0.3 is 10.1 Å². The number of ether oxygens (including phenoxy) is 1. The van der Waals surface area contributed by atoms with Crippen molar-refractivity contribution in [3.8, 4) is 5.75 Å². The van der Waals surface area contributed by atoms with E-state index in [9.17, 15) is 4.79 Å². The first kappa shape index (κ1) is 13.1. The highest BCUT2D eigenvalue weighted by molar-refractivity contribution is 6.04. The fraction of sp³-hybridized carbons (Fsp3) is 0.133. The van der Waals surface area contributed by atoms with Crippen molar-refractivity contribution < 1.29 is 9.53 Å². The van der Waals surface area contributed by atoms with Crippen LogP contribution in [0.4, 0.5) is 0 Å². The summed E-state index contributed by atoms with van der Waals surface area (Å²) in [6, 6.07) is 9.33. The van der Waals surface area contributed by atoms with Crippen LogP contribution in [0.2, 0.25) is 0 Å². The van der Waals surface area contributed by atoms with E-state index in [-0.39, 0.29) is 5.91 Å². The molecule has 0 radical (unpaired) electrons. The summed E-state index contributed by atoms with van der Waals surface area (Å²) >= 11 is 0. The van der Waals surface area contributed by atoms with E-state index in [1.54, 1.807) is 25.6 Å². The predicted octanol–water partition coefficient (Wildman–Crippen LogP) is 1.90. The molecule has 2 N–H and O–H groups in total. The highest BCUT2D eigenvalue weighted by atomic mass is 16.5. The molecule has 0 spiro atoms. The van der Waals surface area contributed by atoms with Crippen LogP contribution in [0.1, 0.15) is 16.1 Å². The number of nitrogens with one attached hydrogen (secondary N) is 2. The molecule has 21 heavy (non-hydrogen) atoms. The monoisotopic (exact) mass is 282 g/mol. The summed E-state index contributed by atoms with van der Waals surface area (Å²) in [6.45, 7) is 0.372. The zero-order valence-corrected chi connectivity index (χ0v) is 11.5. The maximum atomic E-state index is 12.2. The molecule has 3 aromatic rings.